The molecule has 0 aromatic carbocycles. The highest BCUT2D eigenvalue weighted by Gasteiger charge is 2.26. The maximum absolute atomic E-state index is 12.6. The average Bonchev–Trinajstić information content (AvgIpc) is 2.94. The van der Waals surface area contributed by atoms with Crippen molar-refractivity contribution in [3.8, 4) is 0 Å². The van der Waals surface area contributed by atoms with Gasteiger partial charge in [-0.25, -0.2) is 4.98 Å². The first kappa shape index (κ1) is 13.8. The average molecular weight is 261 g/mol. The second-order valence-electron chi connectivity index (χ2n) is 4.97. The zero-order chi connectivity index (χ0) is 13.7. The van der Waals surface area contributed by atoms with Crippen LogP contribution in [0, 0.1) is 0 Å². The van der Waals surface area contributed by atoms with Crippen molar-refractivity contribution in [1.82, 2.24) is 9.88 Å². The number of nitrogens with one attached hydrogen (secondary N) is 1. The van der Waals surface area contributed by atoms with Crippen molar-refractivity contribution in [2.75, 3.05) is 18.4 Å². The van der Waals surface area contributed by atoms with Gasteiger partial charge >= 0.3 is 0 Å². The molecule has 1 amide bonds. The van der Waals surface area contributed by atoms with E-state index >= 15 is 0 Å². The summed E-state index contributed by atoms with van der Waals surface area (Å²) < 4.78 is 0. The van der Waals surface area contributed by atoms with Gasteiger partial charge in [0.15, 0.2) is 0 Å². The zero-order valence-electron chi connectivity index (χ0n) is 11.9. The van der Waals surface area contributed by atoms with Gasteiger partial charge in [0.25, 0.3) is 5.91 Å². The highest BCUT2D eigenvalue weighted by Crippen LogP contribution is 2.24. The fraction of sp³-hybridized carbons (Fsp3) is 0.600. The third kappa shape index (κ3) is 3.25. The van der Waals surface area contributed by atoms with Crippen LogP contribution in [0.5, 0.6) is 0 Å². The molecule has 1 N–H and O–H groups in total. The van der Waals surface area contributed by atoms with Gasteiger partial charge in [0.2, 0.25) is 0 Å². The quantitative estimate of drug-likeness (QED) is 0.886. The molecule has 19 heavy (non-hydrogen) atoms. The van der Waals surface area contributed by atoms with Gasteiger partial charge in [-0.3, -0.25) is 4.79 Å². The van der Waals surface area contributed by atoms with Crippen LogP contribution in [-0.2, 0) is 0 Å². The SMILES string of the molecule is CCNc1cccc(C(=O)N(CC)C2CCCC2)n1. The molecule has 0 saturated heterocycles. The van der Waals surface area contributed by atoms with E-state index in [2.05, 4.69) is 10.3 Å². The predicted molar refractivity (Wildman–Crippen MR) is 77.4 cm³/mol. The largest absolute Gasteiger partial charge is 0.370 e. The summed E-state index contributed by atoms with van der Waals surface area (Å²) in [5.74, 6) is 0.838. The molecule has 4 heteroatoms. The van der Waals surface area contributed by atoms with Crippen molar-refractivity contribution < 1.29 is 4.79 Å². The number of hydrogen-bond donors (Lipinski definition) is 1. The van der Waals surface area contributed by atoms with Crippen molar-refractivity contribution in [1.29, 1.82) is 0 Å². The van der Waals surface area contributed by atoms with Crippen LogP contribution in [0.4, 0.5) is 5.82 Å². The highest BCUT2D eigenvalue weighted by molar-refractivity contribution is 5.92. The van der Waals surface area contributed by atoms with Crippen LogP contribution < -0.4 is 5.32 Å². The van der Waals surface area contributed by atoms with E-state index in [4.69, 9.17) is 0 Å². The third-order valence-electron chi connectivity index (χ3n) is 3.69. The van der Waals surface area contributed by atoms with E-state index in [0.717, 1.165) is 31.7 Å². The fourth-order valence-electron chi connectivity index (χ4n) is 2.76. The summed E-state index contributed by atoms with van der Waals surface area (Å²) in [7, 11) is 0. The summed E-state index contributed by atoms with van der Waals surface area (Å²) in [5.41, 5.74) is 0.548. The van der Waals surface area contributed by atoms with Crippen LogP contribution in [0.3, 0.4) is 0 Å². The molecule has 0 atom stereocenters. The lowest BCUT2D eigenvalue weighted by atomic mass is 10.2. The molecule has 1 aromatic heterocycles. The first-order chi connectivity index (χ1) is 9.26. The topological polar surface area (TPSA) is 45.2 Å². The molecule has 1 aromatic rings. The van der Waals surface area contributed by atoms with Crippen LogP contribution in [0.1, 0.15) is 50.0 Å². The summed E-state index contributed by atoms with van der Waals surface area (Å²) in [5, 5.41) is 3.15. The molecule has 1 aliphatic rings. The van der Waals surface area contributed by atoms with Gasteiger partial charge in [-0.05, 0) is 38.8 Å². The summed E-state index contributed by atoms with van der Waals surface area (Å²) in [4.78, 5) is 18.9. The molecule has 0 radical (unpaired) electrons. The number of hydrogen-bond acceptors (Lipinski definition) is 3. The smallest absolute Gasteiger partial charge is 0.272 e. The van der Waals surface area contributed by atoms with Crippen molar-refractivity contribution in [3.05, 3.63) is 23.9 Å². The van der Waals surface area contributed by atoms with Gasteiger partial charge in [0, 0.05) is 19.1 Å². The number of aromatic nitrogens is 1. The van der Waals surface area contributed by atoms with E-state index in [-0.39, 0.29) is 5.91 Å². The summed E-state index contributed by atoms with van der Waals surface area (Å²) in [6, 6.07) is 6.00. The number of pyridine rings is 1. The Morgan fingerprint density at radius 2 is 2.11 bits per heavy atom. The summed E-state index contributed by atoms with van der Waals surface area (Å²) in [6.07, 6.45) is 4.73. The van der Waals surface area contributed by atoms with E-state index in [1.165, 1.54) is 12.8 Å². The molecule has 1 fully saturated rings. The van der Waals surface area contributed by atoms with Gasteiger partial charge in [-0.2, -0.15) is 0 Å². The Balaban J connectivity index is 2.14. The van der Waals surface area contributed by atoms with Crippen LogP contribution in [0.2, 0.25) is 0 Å². The molecule has 0 bridgehead atoms. The number of amides is 1. The van der Waals surface area contributed by atoms with Gasteiger partial charge in [-0.1, -0.05) is 18.9 Å². The second-order valence-corrected chi connectivity index (χ2v) is 4.97. The molecule has 2 rings (SSSR count). The molecule has 104 valence electrons. The molecule has 1 heterocycles. The number of rotatable bonds is 5. The van der Waals surface area contributed by atoms with Crippen molar-refractivity contribution in [2.45, 2.75) is 45.6 Å². The highest BCUT2D eigenvalue weighted by atomic mass is 16.2. The lowest BCUT2D eigenvalue weighted by Crippen LogP contribution is -2.39. The molecule has 1 saturated carbocycles. The normalized spacial score (nSPS) is 15.5. The number of carbonyl (C=O) groups is 1. The van der Waals surface area contributed by atoms with Crippen LogP contribution in [-0.4, -0.2) is 34.9 Å². The molecule has 1 aliphatic carbocycles. The maximum atomic E-state index is 12.6. The maximum Gasteiger partial charge on any atom is 0.272 e. The first-order valence-electron chi connectivity index (χ1n) is 7.28. The molecule has 0 aliphatic heterocycles. The van der Waals surface area contributed by atoms with E-state index in [1.54, 1.807) is 6.07 Å². The summed E-state index contributed by atoms with van der Waals surface area (Å²) >= 11 is 0. The Labute approximate surface area is 115 Å². The first-order valence-corrected chi connectivity index (χ1v) is 7.28. The fourth-order valence-corrected chi connectivity index (χ4v) is 2.76. The Kier molecular flexibility index (Phi) is 4.77. The van der Waals surface area contributed by atoms with Gasteiger partial charge in [0.05, 0.1) is 0 Å². The van der Waals surface area contributed by atoms with Crippen LogP contribution in [0.25, 0.3) is 0 Å². The Morgan fingerprint density at radius 1 is 1.37 bits per heavy atom. The lowest BCUT2D eigenvalue weighted by molar-refractivity contribution is 0.0687. The number of carbonyl (C=O) groups excluding carboxylic acids is 1. The Morgan fingerprint density at radius 3 is 2.74 bits per heavy atom. The predicted octanol–water partition coefficient (Wildman–Crippen LogP) is 2.92. The number of nitrogens with zero attached hydrogens (tertiary/aromatic N) is 2. The minimum atomic E-state index is 0.0640. The Hall–Kier alpha value is -1.58. The number of anilines is 1. The van der Waals surface area contributed by atoms with Crippen LogP contribution >= 0.6 is 0 Å². The van der Waals surface area contributed by atoms with E-state index < -0.39 is 0 Å². The van der Waals surface area contributed by atoms with Crippen molar-refractivity contribution in [2.24, 2.45) is 0 Å². The van der Waals surface area contributed by atoms with E-state index in [0.29, 0.717) is 11.7 Å². The van der Waals surface area contributed by atoms with Crippen LogP contribution in [0.15, 0.2) is 18.2 Å². The van der Waals surface area contributed by atoms with E-state index in [1.807, 2.05) is 30.9 Å². The Bertz CT molecular complexity index is 427. The molecular formula is C15H23N3O. The van der Waals surface area contributed by atoms with E-state index in [9.17, 15) is 4.79 Å². The van der Waals surface area contributed by atoms with Gasteiger partial charge in [-0.15, -0.1) is 0 Å². The van der Waals surface area contributed by atoms with Gasteiger partial charge in [0.1, 0.15) is 11.5 Å². The monoisotopic (exact) mass is 261 g/mol. The van der Waals surface area contributed by atoms with Crippen molar-refractivity contribution >= 4 is 11.7 Å². The second kappa shape index (κ2) is 6.55. The minimum absolute atomic E-state index is 0.0640. The minimum Gasteiger partial charge on any atom is -0.370 e. The van der Waals surface area contributed by atoms with Gasteiger partial charge < -0.3 is 10.2 Å². The zero-order valence-corrected chi connectivity index (χ0v) is 11.9. The summed E-state index contributed by atoms with van der Waals surface area (Å²) in [6.45, 7) is 5.64. The molecular weight excluding hydrogens is 238 g/mol. The third-order valence-corrected chi connectivity index (χ3v) is 3.69. The van der Waals surface area contributed by atoms with Crippen molar-refractivity contribution in [3.63, 3.8) is 0 Å². The lowest BCUT2D eigenvalue weighted by Gasteiger charge is -2.27. The molecule has 0 unspecified atom stereocenters. The standard InChI is InChI=1S/C15H23N3O/c1-3-16-14-11-7-10-13(17-14)15(19)18(4-2)12-8-5-6-9-12/h7,10-12H,3-6,8-9H2,1-2H3,(H,16,17). The molecule has 4 nitrogen and oxygen atoms in total. The molecule has 0 spiro atoms.